The van der Waals surface area contributed by atoms with Gasteiger partial charge in [0.1, 0.15) is 12.6 Å². The number of anilines is 1. The van der Waals surface area contributed by atoms with E-state index in [-0.39, 0.29) is 18.5 Å². The van der Waals surface area contributed by atoms with Gasteiger partial charge in [-0.3, -0.25) is 13.9 Å². The van der Waals surface area contributed by atoms with E-state index in [9.17, 15) is 18.0 Å². The fourth-order valence-corrected chi connectivity index (χ4v) is 5.27. The average Bonchev–Trinajstić information content (AvgIpc) is 3.30. The summed E-state index contributed by atoms with van der Waals surface area (Å²) >= 11 is 6.12. The minimum Gasteiger partial charge on any atom is -0.352 e. The molecule has 7 nitrogen and oxygen atoms in total. The highest BCUT2D eigenvalue weighted by Gasteiger charge is 2.31. The Morgan fingerprint density at radius 2 is 1.76 bits per heavy atom. The molecular weight excluding hydrogens is 474 g/mol. The molecule has 0 bridgehead atoms. The van der Waals surface area contributed by atoms with E-state index in [0.29, 0.717) is 16.3 Å². The summed E-state index contributed by atoms with van der Waals surface area (Å²) in [7, 11) is -3.80. The molecule has 2 aromatic rings. The molecule has 1 aliphatic carbocycles. The number of amides is 2. The third kappa shape index (κ3) is 6.73. The van der Waals surface area contributed by atoms with E-state index >= 15 is 0 Å². The minimum atomic E-state index is -3.80. The zero-order chi connectivity index (χ0) is 24.9. The fourth-order valence-electron chi connectivity index (χ4n) is 4.20. The van der Waals surface area contributed by atoms with Crippen molar-refractivity contribution < 1.29 is 18.0 Å². The molecule has 2 amide bonds. The molecule has 1 saturated carbocycles. The lowest BCUT2D eigenvalue weighted by molar-refractivity contribution is -0.139. The third-order valence-electron chi connectivity index (χ3n) is 6.18. The van der Waals surface area contributed by atoms with Crippen LogP contribution in [0, 0.1) is 6.92 Å². The van der Waals surface area contributed by atoms with Gasteiger partial charge in [0.15, 0.2) is 0 Å². The zero-order valence-electron chi connectivity index (χ0n) is 19.8. The maximum absolute atomic E-state index is 13.6. The molecule has 9 heteroatoms. The highest BCUT2D eigenvalue weighted by molar-refractivity contribution is 7.92. The molecule has 2 aromatic carbocycles. The Kier molecular flexibility index (Phi) is 8.60. The second-order valence-electron chi connectivity index (χ2n) is 8.87. The fraction of sp³-hybridized carbons (Fsp3) is 0.440. The second-order valence-corrected chi connectivity index (χ2v) is 11.2. The van der Waals surface area contributed by atoms with Gasteiger partial charge >= 0.3 is 0 Å². The maximum atomic E-state index is 13.6. The number of rotatable bonds is 9. The van der Waals surface area contributed by atoms with Gasteiger partial charge in [-0.1, -0.05) is 60.8 Å². The highest BCUT2D eigenvalue weighted by atomic mass is 35.5. The lowest BCUT2D eigenvalue weighted by atomic mass is 10.1. The van der Waals surface area contributed by atoms with Crippen LogP contribution in [0.15, 0.2) is 48.5 Å². The quantitative estimate of drug-likeness (QED) is 0.560. The Morgan fingerprint density at radius 1 is 1.12 bits per heavy atom. The normalized spacial score (nSPS) is 15.1. The number of benzene rings is 2. The molecule has 0 radical (unpaired) electrons. The number of nitrogens with zero attached hydrogens (tertiary/aromatic N) is 2. The number of sulfonamides is 1. The Balaban J connectivity index is 1.89. The summed E-state index contributed by atoms with van der Waals surface area (Å²) in [5, 5.41) is 3.42. The molecule has 0 unspecified atom stereocenters. The second kappa shape index (κ2) is 11.2. The minimum absolute atomic E-state index is 0.116. The Morgan fingerprint density at radius 3 is 2.38 bits per heavy atom. The van der Waals surface area contributed by atoms with Crippen molar-refractivity contribution in [2.24, 2.45) is 0 Å². The summed E-state index contributed by atoms with van der Waals surface area (Å²) in [5.74, 6) is -0.705. The summed E-state index contributed by atoms with van der Waals surface area (Å²) in [5.41, 5.74) is 1.86. The maximum Gasteiger partial charge on any atom is 0.244 e. The van der Waals surface area contributed by atoms with Crippen molar-refractivity contribution in [3.63, 3.8) is 0 Å². The van der Waals surface area contributed by atoms with Crippen LogP contribution in [0.4, 0.5) is 5.69 Å². The van der Waals surface area contributed by atoms with Gasteiger partial charge in [-0.25, -0.2) is 8.42 Å². The molecular formula is C25H32ClN3O4S. The molecule has 0 heterocycles. The van der Waals surface area contributed by atoms with Crippen molar-refractivity contribution in [3.8, 4) is 0 Å². The molecule has 0 aromatic heterocycles. The molecule has 1 aliphatic rings. The van der Waals surface area contributed by atoms with Gasteiger partial charge in [-0.05, 0) is 49.9 Å². The number of carbonyl (C=O) groups excluding carboxylic acids is 2. The van der Waals surface area contributed by atoms with Crippen molar-refractivity contribution in [2.45, 2.75) is 58.2 Å². The van der Waals surface area contributed by atoms with E-state index in [1.807, 2.05) is 30.3 Å². The first kappa shape index (κ1) is 26.0. The van der Waals surface area contributed by atoms with E-state index in [1.165, 1.54) is 11.0 Å². The van der Waals surface area contributed by atoms with E-state index in [1.54, 1.807) is 26.0 Å². The van der Waals surface area contributed by atoms with Crippen molar-refractivity contribution in [2.75, 3.05) is 17.1 Å². The number of hydrogen-bond acceptors (Lipinski definition) is 4. The van der Waals surface area contributed by atoms with Gasteiger partial charge < -0.3 is 10.2 Å². The predicted molar refractivity (Wildman–Crippen MR) is 135 cm³/mol. The summed E-state index contributed by atoms with van der Waals surface area (Å²) in [6.07, 6.45) is 5.07. The molecule has 184 valence electrons. The summed E-state index contributed by atoms with van der Waals surface area (Å²) in [6, 6.07) is 13.6. The van der Waals surface area contributed by atoms with Crippen LogP contribution in [0.25, 0.3) is 0 Å². The number of halogens is 1. The van der Waals surface area contributed by atoms with Gasteiger partial charge in [0.2, 0.25) is 21.8 Å². The smallest absolute Gasteiger partial charge is 0.244 e. The van der Waals surface area contributed by atoms with E-state index in [2.05, 4.69) is 5.32 Å². The van der Waals surface area contributed by atoms with Crippen LogP contribution in [0.3, 0.4) is 0 Å². The molecule has 3 rings (SSSR count). The van der Waals surface area contributed by atoms with Crippen LogP contribution < -0.4 is 9.62 Å². The summed E-state index contributed by atoms with van der Waals surface area (Å²) in [6.45, 7) is 3.19. The Hall–Kier alpha value is -2.58. The number of aryl methyl sites for hydroxylation is 1. The lowest BCUT2D eigenvalue weighted by Gasteiger charge is -2.32. The molecule has 1 atom stereocenters. The van der Waals surface area contributed by atoms with Crippen LogP contribution >= 0.6 is 11.6 Å². The van der Waals surface area contributed by atoms with Crippen LogP contribution in [0.5, 0.6) is 0 Å². The van der Waals surface area contributed by atoms with Crippen molar-refractivity contribution in [1.82, 2.24) is 10.2 Å². The average molecular weight is 506 g/mol. The third-order valence-corrected chi connectivity index (χ3v) is 7.55. The number of carbonyl (C=O) groups is 2. The molecule has 0 aliphatic heterocycles. The number of hydrogen-bond donors (Lipinski definition) is 1. The monoisotopic (exact) mass is 505 g/mol. The summed E-state index contributed by atoms with van der Waals surface area (Å²) < 4.78 is 26.4. The van der Waals surface area contributed by atoms with Crippen molar-refractivity contribution >= 4 is 39.1 Å². The lowest BCUT2D eigenvalue weighted by Crippen LogP contribution is -2.52. The SMILES string of the molecule is Cc1ccc(Cl)cc1N(CC(=O)N(Cc1ccccc1)[C@H](C)C(=O)NC1CCCC1)S(C)(=O)=O. The highest BCUT2D eigenvalue weighted by Crippen LogP contribution is 2.27. The van der Waals surface area contributed by atoms with E-state index < -0.39 is 28.5 Å². The van der Waals surface area contributed by atoms with Gasteiger partial charge in [0.25, 0.3) is 0 Å². The first-order chi connectivity index (χ1) is 16.1. The van der Waals surface area contributed by atoms with Gasteiger partial charge in [0, 0.05) is 17.6 Å². The topological polar surface area (TPSA) is 86.8 Å². The standard InChI is InChI=1S/C25H32ClN3O4S/c1-18-13-14-21(26)15-23(18)29(34(3,32)33)17-24(30)28(16-20-9-5-4-6-10-20)19(2)25(31)27-22-11-7-8-12-22/h4-6,9-10,13-15,19,22H,7-8,11-12,16-17H2,1-3H3,(H,27,31)/t19-/m1/s1. The largest absolute Gasteiger partial charge is 0.352 e. The predicted octanol–water partition coefficient (Wildman–Crippen LogP) is 3.89. The zero-order valence-corrected chi connectivity index (χ0v) is 21.4. The Labute approximate surface area is 207 Å². The van der Waals surface area contributed by atoms with Crippen LogP contribution in [0.1, 0.15) is 43.7 Å². The first-order valence-electron chi connectivity index (χ1n) is 11.4. The van der Waals surface area contributed by atoms with Gasteiger partial charge in [-0.2, -0.15) is 0 Å². The van der Waals surface area contributed by atoms with Gasteiger partial charge in [-0.15, -0.1) is 0 Å². The molecule has 0 spiro atoms. The molecule has 1 N–H and O–H groups in total. The molecule has 34 heavy (non-hydrogen) atoms. The molecule has 1 fully saturated rings. The van der Waals surface area contributed by atoms with Gasteiger partial charge in [0.05, 0.1) is 11.9 Å². The number of nitrogens with one attached hydrogen (secondary N) is 1. The summed E-state index contributed by atoms with van der Waals surface area (Å²) in [4.78, 5) is 28.0. The Bertz CT molecular complexity index is 1120. The van der Waals surface area contributed by atoms with Crippen LogP contribution in [0.2, 0.25) is 5.02 Å². The molecule has 0 saturated heterocycles. The van der Waals surface area contributed by atoms with E-state index in [4.69, 9.17) is 11.6 Å². The van der Waals surface area contributed by atoms with Crippen molar-refractivity contribution in [1.29, 1.82) is 0 Å². The van der Waals surface area contributed by atoms with Crippen LogP contribution in [-0.4, -0.2) is 50.0 Å². The van der Waals surface area contributed by atoms with Crippen molar-refractivity contribution in [3.05, 3.63) is 64.7 Å². The first-order valence-corrected chi connectivity index (χ1v) is 13.7. The van der Waals surface area contributed by atoms with Crippen LogP contribution in [-0.2, 0) is 26.2 Å². The van der Waals surface area contributed by atoms with E-state index in [0.717, 1.165) is 41.8 Å².